The van der Waals surface area contributed by atoms with Crippen LogP contribution >= 0.6 is 0 Å². The van der Waals surface area contributed by atoms with E-state index in [1.807, 2.05) is 12.2 Å². The molecule has 0 aromatic heterocycles. The zero-order valence-electron chi connectivity index (χ0n) is 13.8. The number of hydrogen-bond donors (Lipinski definition) is 1. The van der Waals surface area contributed by atoms with Crippen LogP contribution in [0.5, 0.6) is 0 Å². The lowest BCUT2D eigenvalue weighted by Crippen LogP contribution is -2.28. The minimum absolute atomic E-state index is 0.0692. The van der Waals surface area contributed by atoms with E-state index in [0.717, 1.165) is 25.7 Å². The summed E-state index contributed by atoms with van der Waals surface area (Å²) in [5.41, 5.74) is 0. The Hall–Kier alpha value is -2.17. The zero-order valence-corrected chi connectivity index (χ0v) is 13.8. The van der Waals surface area contributed by atoms with Gasteiger partial charge < -0.3 is 5.11 Å². The van der Waals surface area contributed by atoms with Crippen LogP contribution in [-0.4, -0.2) is 22.0 Å². The first-order chi connectivity index (χ1) is 11.1. The molecule has 0 aromatic carbocycles. The third-order valence-corrected chi connectivity index (χ3v) is 3.11. The molecular formula is C18H27NO4. The summed E-state index contributed by atoms with van der Waals surface area (Å²) in [5.74, 6) is -1.36. The van der Waals surface area contributed by atoms with Crippen LogP contribution in [0.4, 0.5) is 0 Å². The maximum Gasteiger partial charge on any atom is 0.379 e. The van der Waals surface area contributed by atoms with Crippen molar-refractivity contribution in [2.24, 2.45) is 0 Å². The van der Waals surface area contributed by atoms with Crippen molar-refractivity contribution in [1.29, 1.82) is 0 Å². The molecule has 5 heteroatoms. The van der Waals surface area contributed by atoms with Gasteiger partial charge in [0.15, 0.2) is 0 Å². The zero-order chi connectivity index (χ0) is 17.3. The summed E-state index contributed by atoms with van der Waals surface area (Å²) in [6.45, 7) is 2.11. The van der Waals surface area contributed by atoms with Crippen LogP contribution in [-0.2, 0) is 4.79 Å². The van der Waals surface area contributed by atoms with E-state index in [2.05, 4.69) is 43.4 Å². The third-order valence-electron chi connectivity index (χ3n) is 3.11. The number of hydrogen-bond acceptors (Lipinski definition) is 3. The Labute approximate surface area is 138 Å². The van der Waals surface area contributed by atoms with E-state index in [1.54, 1.807) is 0 Å². The molecule has 128 valence electrons. The topological polar surface area (TPSA) is 80.4 Å². The van der Waals surface area contributed by atoms with Crippen molar-refractivity contribution in [2.75, 3.05) is 0 Å². The molecule has 1 N–H and O–H groups in total. The number of carboxylic acids is 1. The first-order valence-electron chi connectivity index (χ1n) is 8.05. The molecule has 1 unspecified atom stereocenters. The largest absolute Gasteiger partial charge is 0.476 e. The van der Waals surface area contributed by atoms with Crippen LogP contribution < -0.4 is 0 Å². The first kappa shape index (κ1) is 20.8. The second kappa shape index (κ2) is 14.8. The molecule has 0 spiro atoms. The quantitative estimate of drug-likeness (QED) is 0.231. The summed E-state index contributed by atoms with van der Waals surface area (Å²) in [7, 11) is 0. The van der Waals surface area contributed by atoms with E-state index < -0.39 is 16.9 Å². The van der Waals surface area contributed by atoms with Crippen LogP contribution in [0.25, 0.3) is 0 Å². The maximum atomic E-state index is 10.6. The van der Waals surface area contributed by atoms with Gasteiger partial charge in [0.2, 0.25) is 0 Å². The number of unbranched alkanes of at least 4 members (excludes halogenated alkanes) is 1. The fraction of sp³-hybridized carbons (Fsp3) is 0.500. The first-order valence-corrected chi connectivity index (χ1v) is 8.05. The van der Waals surface area contributed by atoms with Crippen LogP contribution in [0.2, 0.25) is 0 Å². The van der Waals surface area contributed by atoms with Gasteiger partial charge in [0.1, 0.15) is 0 Å². The number of aliphatic carboxylic acids is 1. The molecule has 0 saturated carbocycles. The molecule has 0 aliphatic rings. The van der Waals surface area contributed by atoms with E-state index >= 15 is 0 Å². The number of rotatable bonds is 13. The Morgan fingerprint density at radius 3 is 1.91 bits per heavy atom. The number of carboxylic acid groups (broad SMARTS) is 1. The molecule has 0 rings (SSSR count). The highest BCUT2D eigenvalue weighted by Gasteiger charge is 2.27. The summed E-state index contributed by atoms with van der Waals surface area (Å²) in [6.07, 6.45) is 21.7. The number of nitro groups is 1. The van der Waals surface area contributed by atoms with Gasteiger partial charge in [0.25, 0.3) is 0 Å². The van der Waals surface area contributed by atoms with Gasteiger partial charge in [-0.1, -0.05) is 55.5 Å². The van der Waals surface area contributed by atoms with Crippen molar-refractivity contribution < 1.29 is 14.8 Å². The Balaban J connectivity index is 3.67. The SMILES string of the molecule is CC/C=C/C/C=C/C/C=C/C/C=C/CCCC(C(=O)O)[N+](=O)[O-]. The van der Waals surface area contributed by atoms with Crippen LogP contribution in [0.15, 0.2) is 48.6 Å². The average Bonchev–Trinajstić information content (AvgIpc) is 2.50. The number of carbonyl (C=O) groups is 1. The van der Waals surface area contributed by atoms with E-state index in [0.29, 0.717) is 12.8 Å². The van der Waals surface area contributed by atoms with Gasteiger partial charge in [-0.15, -0.1) is 0 Å². The third kappa shape index (κ3) is 13.2. The Kier molecular flexibility index (Phi) is 13.4. The molecule has 23 heavy (non-hydrogen) atoms. The van der Waals surface area contributed by atoms with Gasteiger partial charge in [0, 0.05) is 11.3 Å². The lowest BCUT2D eigenvalue weighted by molar-refractivity contribution is -0.511. The molecule has 1 atom stereocenters. The highest BCUT2D eigenvalue weighted by Crippen LogP contribution is 2.05. The minimum atomic E-state index is -1.48. The molecule has 0 bridgehead atoms. The molecule has 0 heterocycles. The second-order valence-electron chi connectivity index (χ2n) is 5.07. The van der Waals surface area contributed by atoms with E-state index in [4.69, 9.17) is 5.11 Å². The lowest BCUT2D eigenvalue weighted by atomic mass is 10.1. The Bertz CT molecular complexity index is 436. The fourth-order valence-electron chi connectivity index (χ4n) is 1.85. The predicted octanol–water partition coefficient (Wildman–Crippen LogP) is 4.69. The van der Waals surface area contributed by atoms with Crippen molar-refractivity contribution in [3.05, 3.63) is 58.7 Å². The molecule has 0 radical (unpaired) electrons. The van der Waals surface area contributed by atoms with Gasteiger partial charge in [-0.05, 0) is 38.5 Å². The lowest BCUT2D eigenvalue weighted by Gasteiger charge is -2.02. The standard InChI is InChI=1S/C18H27NO4/c1-2-3-4-5-6-7-8-9-10-11-12-13-14-15-16-17(18(20)21)19(22)23/h3-4,6-7,9-10,12-13,17H,2,5,8,11,14-16H2,1H3,(H,20,21)/b4-3+,7-6+,10-9+,13-12+. The van der Waals surface area contributed by atoms with Crippen LogP contribution in [0.1, 0.15) is 51.9 Å². The molecular weight excluding hydrogens is 294 g/mol. The van der Waals surface area contributed by atoms with Crippen molar-refractivity contribution in [3.8, 4) is 0 Å². The van der Waals surface area contributed by atoms with Gasteiger partial charge in [-0.25, -0.2) is 4.79 Å². The normalized spacial score (nSPS) is 13.6. The highest BCUT2D eigenvalue weighted by atomic mass is 16.6. The number of allylic oxidation sites excluding steroid dienone is 8. The molecule has 0 aliphatic heterocycles. The van der Waals surface area contributed by atoms with Crippen molar-refractivity contribution >= 4 is 5.97 Å². The van der Waals surface area contributed by atoms with Crippen molar-refractivity contribution in [2.45, 2.75) is 57.9 Å². The molecule has 0 amide bonds. The monoisotopic (exact) mass is 321 g/mol. The summed E-state index contributed by atoms with van der Waals surface area (Å²) in [5, 5.41) is 19.2. The molecule has 0 aliphatic carbocycles. The molecule has 0 fully saturated rings. The molecule has 0 saturated heterocycles. The highest BCUT2D eigenvalue weighted by molar-refractivity contribution is 5.71. The average molecular weight is 321 g/mol. The summed E-state index contributed by atoms with van der Waals surface area (Å²) < 4.78 is 0. The minimum Gasteiger partial charge on any atom is -0.476 e. The fourth-order valence-corrected chi connectivity index (χ4v) is 1.85. The van der Waals surface area contributed by atoms with Crippen LogP contribution in [0.3, 0.4) is 0 Å². The van der Waals surface area contributed by atoms with Gasteiger partial charge >= 0.3 is 12.0 Å². The van der Waals surface area contributed by atoms with Crippen molar-refractivity contribution in [3.63, 3.8) is 0 Å². The van der Waals surface area contributed by atoms with Gasteiger partial charge in [0.05, 0.1) is 0 Å². The Morgan fingerprint density at radius 1 is 1.00 bits per heavy atom. The second-order valence-corrected chi connectivity index (χ2v) is 5.07. The Morgan fingerprint density at radius 2 is 1.48 bits per heavy atom. The van der Waals surface area contributed by atoms with E-state index in [9.17, 15) is 14.9 Å². The molecule has 0 aromatic rings. The predicted molar refractivity (Wildman–Crippen MR) is 93.0 cm³/mol. The summed E-state index contributed by atoms with van der Waals surface area (Å²) in [4.78, 5) is 20.4. The summed E-state index contributed by atoms with van der Waals surface area (Å²) in [6, 6.07) is -1.48. The van der Waals surface area contributed by atoms with E-state index in [-0.39, 0.29) is 6.42 Å². The maximum absolute atomic E-state index is 10.6. The van der Waals surface area contributed by atoms with E-state index in [1.165, 1.54) is 0 Å². The van der Waals surface area contributed by atoms with Gasteiger partial charge in [-0.2, -0.15) is 0 Å². The number of nitrogens with zero attached hydrogens (tertiary/aromatic N) is 1. The van der Waals surface area contributed by atoms with Crippen molar-refractivity contribution in [1.82, 2.24) is 0 Å². The summed E-state index contributed by atoms with van der Waals surface area (Å²) >= 11 is 0. The molecule has 5 nitrogen and oxygen atoms in total. The van der Waals surface area contributed by atoms with Crippen LogP contribution in [0, 0.1) is 10.1 Å². The smallest absolute Gasteiger partial charge is 0.379 e. The van der Waals surface area contributed by atoms with Gasteiger partial charge in [-0.3, -0.25) is 10.1 Å².